The summed E-state index contributed by atoms with van der Waals surface area (Å²) in [5.74, 6) is 1.39. The molecule has 4 heteroatoms. The van der Waals surface area contributed by atoms with Crippen molar-refractivity contribution in [3.05, 3.63) is 22.8 Å². The Balaban J connectivity index is 1.95. The van der Waals surface area contributed by atoms with Gasteiger partial charge in [0.05, 0.1) is 0 Å². The van der Waals surface area contributed by atoms with Crippen molar-refractivity contribution >= 4 is 27.7 Å². The van der Waals surface area contributed by atoms with E-state index in [2.05, 4.69) is 26.2 Å². The molecule has 0 aliphatic heterocycles. The Morgan fingerprint density at radius 2 is 2.33 bits per heavy atom. The highest BCUT2D eigenvalue weighted by molar-refractivity contribution is 9.10. The number of carbonyl (C=O) groups is 1. The van der Waals surface area contributed by atoms with Gasteiger partial charge in [-0.2, -0.15) is 0 Å². The van der Waals surface area contributed by atoms with Crippen molar-refractivity contribution in [2.45, 2.75) is 19.8 Å². The van der Waals surface area contributed by atoms with Crippen molar-refractivity contribution in [2.24, 2.45) is 11.8 Å². The summed E-state index contributed by atoms with van der Waals surface area (Å²) in [7, 11) is 0. The maximum absolute atomic E-state index is 11.7. The van der Waals surface area contributed by atoms with Gasteiger partial charge in [-0.25, -0.2) is 4.98 Å². The molecular weight excluding hydrogens is 256 g/mol. The predicted octanol–water partition coefficient (Wildman–Crippen LogP) is 2.83. The number of nitrogens with zero attached hydrogens (tertiary/aromatic N) is 1. The van der Waals surface area contributed by atoms with Gasteiger partial charge >= 0.3 is 0 Å². The number of carbonyl (C=O) groups excluding carboxylic acids is 1. The standard InChI is InChI=1S/C11H13BrN2O/c1-7(8-2-3-8)11(15)14-10-5-4-9(12)6-13-10/h4-8H,2-3H2,1H3,(H,13,14,15). The molecule has 2 rings (SSSR count). The summed E-state index contributed by atoms with van der Waals surface area (Å²) in [5.41, 5.74) is 0. The monoisotopic (exact) mass is 268 g/mol. The summed E-state index contributed by atoms with van der Waals surface area (Å²) < 4.78 is 0.913. The average molecular weight is 269 g/mol. The molecule has 1 aliphatic carbocycles. The fraction of sp³-hybridized carbons (Fsp3) is 0.455. The topological polar surface area (TPSA) is 42.0 Å². The lowest BCUT2D eigenvalue weighted by molar-refractivity contribution is -0.119. The van der Waals surface area contributed by atoms with Crippen molar-refractivity contribution in [3.63, 3.8) is 0 Å². The van der Waals surface area contributed by atoms with Crippen LogP contribution < -0.4 is 5.32 Å². The van der Waals surface area contributed by atoms with Crippen LogP contribution in [0.25, 0.3) is 0 Å². The van der Waals surface area contributed by atoms with Crippen LogP contribution in [0.3, 0.4) is 0 Å². The highest BCUT2D eigenvalue weighted by atomic mass is 79.9. The molecule has 1 aromatic heterocycles. The van der Waals surface area contributed by atoms with Crippen LogP contribution in [0, 0.1) is 11.8 Å². The van der Waals surface area contributed by atoms with E-state index in [0.29, 0.717) is 11.7 Å². The first kappa shape index (κ1) is 10.6. The summed E-state index contributed by atoms with van der Waals surface area (Å²) >= 11 is 3.30. The van der Waals surface area contributed by atoms with E-state index < -0.39 is 0 Å². The second-order valence-electron chi connectivity index (χ2n) is 3.98. The molecule has 3 nitrogen and oxygen atoms in total. The van der Waals surface area contributed by atoms with E-state index in [1.165, 1.54) is 12.8 Å². The van der Waals surface area contributed by atoms with E-state index in [1.807, 2.05) is 13.0 Å². The van der Waals surface area contributed by atoms with Gasteiger partial charge < -0.3 is 5.32 Å². The predicted molar refractivity (Wildman–Crippen MR) is 62.5 cm³/mol. The Morgan fingerprint density at radius 1 is 1.60 bits per heavy atom. The molecule has 1 saturated carbocycles. The first-order chi connectivity index (χ1) is 7.16. The quantitative estimate of drug-likeness (QED) is 0.916. The molecule has 0 saturated heterocycles. The van der Waals surface area contributed by atoms with Crippen LogP contribution in [0.4, 0.5) is 5.82 Å². The Hall–Kier alpha value is -0.900. The zero-order valence-corrected chi connectivity index (χ0v) is 10.1. The lowest BCUT2D eigenvalue weighted by atomic mass is 10.1. The number of halogens is 1. The number of hydrogen-bond acceptors (Lipinski definition) is 2. The lowest BCUT2D eigenvalue weighted by Crippen LogP contribution is -2.22. The molecule has 15 heavy (non-hydrogen) atoms. The van der Waals surface area contributed by atoms with E-state index >= 15 is 0 Å². The summed E-state index contributed by atoms with van der Waals surface area (Å²) in [6, 6.07) is 3.66. The van der Waals surface area contributed by atoms with Crippen molar-refractivity contribution < 1.29 is 4.79 Å². The van der Waals surface area contributed by atoms with Gasteiger partial charge in [0.25, 0.3) is 0 Å². The van der Waals surface area contributed by atoms with Crippen molar-refractivity contribution in [3.8, 4) is 0 Å². The zero-order chi connectivity index (χ0) is 10.8. The van der Waals surface area contributed by atoms with Crippen LogP contribution in [0.2, 0.25) is 0 Å². The maximum atomic E-state index is 11.7. The summed E-state index contributed by atoms with van der Waals surface area (Å²) in [4.78, 5) is 15.8. The minimum atomic E-state index is 0.0762. The van der Waals surface area contributed by atoms with E-state index in [0.717, 1.165) is 4.47 Å². The smallest absolute Gasteiger partial charge is 0.228 e. The average Bonchev–Trinajstić information content (AvgIpc) is 3.04. The number of nitrogens with one attached hydrogen (secondary N) is 1. The number of anilines is 1. The number of pyridine rings is 1. The normalized spacial score (nSPS) is 17.2. The van der Waals surface area contributed by atoms with Crippen molar-refractivity contribution in [1.29, 1.82) is 0 Å². The minimum Gasteiger partial charge on any atom is -0.310 e. The molecule has 1 N–H and O–H groups in total. The molecular formula is C11H13BrN2O. The first-order valence-corrected chi connectivity index (χ1v) is 5.88. The fourth-order valence-electron chi connectivity index (χ4n) is 1.50. The molecule has 0 spiro atoms. The van der Waals surface area contributed by atoms with Gasteiger partial charge in [0.1, 0.15) is 5.82 Å². The summed E-state index contributed by atoms with van der Waals surface area (Å²) in [5, 5.41) is 2.82. The molecule has 1 fully saturated rings. The van der Waals surface area contributed by atoms with Gasteiger partial charge in [-0.1, -0.05) is 6.92 Å². The van der Waals surface area contributed by atoms with Crippen LogP contribution in [-0.2, 0) is 4.79 Å². The van der Waals surface area contributed by atoms with E-state index in [9.17, 15) is 4.79 Å². The molecule has 0 radical (unpaired) electrons. The maximum Gasteiger partial charge on any atom is 0.228 e. The Kier molecular flexibility index (Phi) is 3.05. The number of aromatic nitrogens is 1. The Bertz CT molecular complexity index is 359. The highest BCUT2D eigenvalue weighted by Crippen LogP contribution is 2.36. The number of rotatable bonds is 3. The summed E-state index contributed by atoms with van der Waals surface area (Å²) in [6.07, 6.45) is 4.04. The first-order valence-electron chi connectivity index (χ1n) is 5.09. The van der Waals surface area contributed by atoms with Gasteiger partial charge in [-0.15, -0.1) is 0 Å². The molecule has 1 aliphatic rings. The van der Waals surface area contributed by atoms with Crippen LogP contribution in [0.15, 0.2) is 22.8 Å². The molecule has 1 heterocycles. The third-order valence-corrected chi connectivity index (χ3v) is 3.19. The third kappa shape index (κ3) is 2.78. The molecule has 1 unspecified atom stereocenters. The van der Waals surface area contributed by atoms with Gasteiger partial charge in [0.2, 0.25) is 5.91 Å². The largest absolute Gasteiger partial charge is 0.310 e. The number of hydrogen-bond donors (Lipinski definition) is 1. The van der Waals surface area contributed by atoms with Crippen molar-refractivity contribution in [1.82, 2.24) is 4.98 Å². The molecule has 80 valence electrons. The van der Waals surface area contributed by atoms with Gasteiger partial charge in [0, 0.05) is 16.6 Å². The van der Waals surface area contributed by atoms with Gasteiger partial charge in [0.15, 0.2) is 0 Å². The SMILES string of the molecule is CC(C(=O)Nc1ccc(Br)cn1)C1CC1. The Labute approximate surface area is 97.4 Å². The lowest BCUT2D eigenvalue weighted by Gasteiger charge is -2.10. The summed E-state index contributed by atoms with van der Waals surface area (Å²) in [6.45, 7) is 1.98. The molecule has 1 aromatic rings. The second kappa shape index (κ2) is 4.31. The number of amides is 1. The molecule has 1 atom stereocenters. The fourth-order valence-corrected chi connectivity index (χ4v) is 1.73. The second-order valence-corrected chi connectivity index (χ2v) is 4.89. The highest BCUT2D eigenvalue weighted by Gasteiger charge is 2.32. The van der Waals surface area contributed by atoms with Crippen LogP contribution in [0.1, 0.15) is 19.8 Å². The van der Waals surface area contributed by atoms with E-state index in [-0.39, 0.29) is 11.8 Å². The van der Waals surface area contributed by atoms with Gasteiger partial charge in [-0.05, 0) is 46.8 Å². The Morgan fingerprint density at radius 3 is 2.87 bits per heavy atom. The molecule has 0 aromatic carbocycles. The zero-order valence-electron chi connectivity index (χ0n) is 8.53. The third-order valence-electron chi connectivity index (χ3n) is 2.72. The molecule has 0 bridgehead atoms. The van der Waals surface area contributed by atoms with E-state index in [4.69, 9.17) is 0 Å². The van der Waals surface area contributed by atoms with Gasteiger partial charge in [-0.3, -0.25) is 4.79 Å². The van der Waals surface area contributed by atoms with Crippen LogP contribution in [-0.4, -0.2) is 10.9 Å². The van der Waals surface area contributed by atoms with Crippen LogP contribution in [0.5, 0.6) is 0 Å². The minimum absolute atomic E-state index is 0.0762. The molecule has 1 amide bonds. The van der Waals surface area contributed by atoms with Crippen LogP contribution >= 0.6 is 15.9 Å². The van der Waals surface area contributed by atoms with E-state index in [1.54, 1.807) is 12.3 Å². The van der Waals surface area contributed by atoms with Crippen molar-refractivity contribution in [2.75, 3.05) is 5.32 Å².